The first-order chi connectivity index (χ1) is 12.3. The fourth-order valence-electron chi connectivity index (χ4n) is 1.97. The van der Waals surface area contributed by atoms with Gasteiger partial charge in [-0.25, -0.2) is 13.6 Å². The van der Waals surface area contributed by atoms with Crippen LogP contribution in [0.2, 0.25) is 0 Å². The summed E-state index contributed by atoms with van der Waals surface area (Å²) in [6.45, 7) is 0.913. The summed E-state index contributed by atoms with van der Waals surface area (Å²) in [6, 6.07) is 5.86. The Morgan fingerprint density at radius 1 is 1.15 bits per heavy atom. The number of benzene rings is 1. The monoisotopic (exact) mass is 397 g/mol. The van der Waals surface area contributed by atoms with Gasteiger partial charge in [0.1, 0.15) is 11.6 Å². The summed E-state index contributed by atoms with van der Waals surface area (Å²) in [5.74, 6) is -7.06. The second kappa shape index (κ2) is 8.80. The third-order valence-corrected chi connectivity index (χ3v) is 3.17. The molecule has 11 heteroatoms. The number of alkyl halides is 5. The minimum absolute atomic E-state index is 0.203. The van der Waals surface area contributed by atoms with Gasteiger partial charge in [0.25, 0.3) is 0 Å². The van der Waals surface area contributed by atoms with Crippen LogP contribution in [0.1, 0.15) is 18.9 Å². The molecule has 0 aliphatic carbocycles. The molecule has 0 fully saturated rings. The molecule has 2 rings (SSSR count). The highest BCUT2D eigenvalue weighted by atomic mass is 19.4. The molecule has 0 bridgehead atoms. The fraction of sp³-hybridized carbons (Fsp3) is 0.375. The van der Waals surface area contributed by atoms with Gasteiger partial charge in [0.15, 0.2) is 0 Å². The summed E-state index contributed by atoms with van der Waals surface area (Å²) in [6.07, 6.45) is -4.27. The number of furan rings is 1. The summed E-state index contributed by atoms with van der Waals surface area (Å²) in [7, 11) is 0. The van der Waals surface area contributed by atoms with Crippen LogP contribution in [-0.2, 0) is 16.1 Å². The van der Waals surface area contributed by atoms with Crippen molar-refractivity contribution in [3.8, 4) is 0 Å². The van der Waals surface area contributed by atoms with Gasteiger partial charge in [0.05, 0.1) is 6.26 Å². The number of carboxylic acids is 2. The van der Waals surface area contributed by atoms with Crippen LogP contribution in [0.4, 0.5) is 22.0 Å². The van der Waals surface area contributed by atoms with Crippen LogP contribution in [0.3, 0.4) is 0 Å². The van der Waals surface area contributed by atoms with E-state index in [0.717, 1.165) is 16.5 Å². The predicted molar refractivity (Wildman–Crippen MR) is 83.4 cm³/mol. The number of halogens is 5. The van der Waals surface area contributed by atoms with E-state index in [9.17, 15) is 26.7 Å². The zero-order valence-electron chi connectivity index (χ0n) is 13.9. The largest absolute Gasteiger partial charge is 0.490 e. The van der Waals surface area contributed by atoms with Crippen LogP contribution >= 0.6 is 0 Å². The molecule has 0 aliphatic heterocycles. The van der Waals surface area contributed by atoms with E-state index in [1.165, 1.54) is 0 Å². The van der Waals surface area contributed by atoms with E-state index in [-0.39, 0.29) is 6.54 Å². The van der Waals surface area contributed by atoms with Crippen molar-refractivity contribution in [1.29, 1.82) is 0 Å². The average molecular weight is 397 g/mol. The van der Waals surface area contributed by atoms with Crippen LogP contribution in [0.25, 0.3) is 11.0 Å². The quantitative estimate of drug-likeness (QED) is 0.644. The molecule has 0 radical (unpaired) electrons. The molecule has 0 spiro atoms. The lowest BCUT2D eigenvalue weighted by Crippen LogP contribution is -2.40. The number of hydrogen-bond acceptors (Lipinski definition) is 4. The Morgan fingerprint density at radius 2 is 1.74 bits per heavy atom. The molecule has 1 atom stereocenters. The Bertz CT molecular complexity index is 781. The van der Waals surface area contributed by atoms with E-state index in [2.05, 4.69) is 5.32 Å². The molecule has 1 aromatic carbocycles. The summed E-state index contributed by atoms with van der Waals surface area (Å²) in [5.41, 5.74) is 1.54. The maximum absolute atomic E-state index is 12.9. The Kier molecular flexibility index (Phi) is 7.28. The van der Waals surface area contributed by atoms with Crippen LogP contribution in [-0.4, -0.2) is 40.3 Å². The molecule has 6 nitrogen and oxygen atoms in total. The van der Waals surface area contributed by atoms with Crippen molar-refractivity contribution >= 4 is 22.9 Å². The number of carbonyl (C=O) groups is 2. The highest BCUT2D eigenvalue weighted by molar-refractivity contribution is 5.77. The lowest BCUT2D eigenvalue weighted by atomic mass is 10.1. The van der Waals surface area contributed by atoms with Crippen molar-refractivity contribution in [1.82, 2.24) is 5.32 Å². The summed E-state index contributed by atoms with van der Waals surface area (Å²) in [4.78, 5) is 19.9. The number of carboxylic acid groups (broad SMARTS) is 2. The number of fused-ring (bicyclic) bond motifs is 1. The predicted octanol–water partition coefficient (Wildman–Crippen LogP) is 3.65. The normalized spacial score (nSPS) is 13.0. The van der Waals surface area contributed by atoms with Crippen molar-refractivity contribution in [3.63, 3.8) is 0 Å². The lowest BCUT2D eigenvalue weighted by molar-refractivity contribution is -0.192. The van der Waals surface area contributed by atoms with Crippen LogP contribution < -0.4 is 5.32 Å². The van der Waals surface area contributed by atoms with Gasteiger partial charge < -0.3 is 19.9 Å². The summed E-state index contributed by atoms with van der Waals surface area (Å²) >= 11 is 0. The van der Waals surface area contributed by atoms with Gasteiger partial charge in [0.2, 0.25) is 5.92 Å². The molecular formula is C16H16F5NO5. The molecule has 1 unspecified atom stereocenters. The minimum atomic E-state index is -5.08. The van der Waals surface area contributed by atoms with Gasteiger partial charge in [0, 0.05) is 18.4 Å². The Labute approximate surface area is 149 Å². The third-order valence-electron chi connectivity index (χ3n) is 3.17. The van der Waals surface area contributed by atoms with Crippen LogP contribution in [0, 0.1) is 0 Å². The molecule has 150 valence electrons. The van der Waals surface area contributed by atoms with Crippen molar-refractivity contribution in [2.24, 2.45) is 0 Å². The molecule has 0 saturated carbocycles. The van der Waals surface area contributed by atoms with Crippen molar-refractivity contribution in [2.45, 2.75) is 38.0 Å². The SMILES string of the molecule is CC(F)(F)CC(NCc1ccc2occc2c1)C(=O)O.O=C(O)C(F)(F)F. The Hall–Kier alpha value is -2.69. The maximum Gasteiger partial charge on any atom is 0.490 e. The van der Waals surface area contributed by atoms with E-state index < -0.39 is 36.5 Å². The first-order valence-corrected chi connectivity index (χ1v) is 7.40. The smallest absolute Gasteiger partial charge is 0.480 e. The van der Waals surface area contributed by atoms with E-state index in [1.54, 1.807) is 24.5 Å². The Balaban J connectivity index is 0.000000445. The highest BCUT2D eigenvalue weighted by Gasteiger charge is 2.38. The maximum atomic E-state index is 12.9. The highest BCUT2D eigenvalue weighted by Crippen LogP contribution is 2.20. The lowest BCUT2D eigenvalue weighted by Gasteiger charge is -2.18. The molecular weight excluding hydrogens is 381 g/mol. The van der Waals surface area contributed by atoms with Crippen molar-refractivity contribution in [2.75, 3.05) is 0 Å². The summed E-state index contributed by atoms with van der Waals surface area (Å²) < 4.78 is 62.7. The number of hydrogen-bond donors (Lipinski definition) is 3. The molecule has 0 saturated heterocycles. The van der Waals surface area contributed by atoms with E-state index in [4.69, 9.17) is 19.4 Å². The second-order valence-corrected chi connectivity index (χ2v) is 5.64. The molecule has 27 heavy (non-hydrogen) atoms. The molecule has 1 heterocycles. The van der Waals surface area contributed by atoms with Gasteiger partial charge in [-0.15, -0.1) is 0 Å². The van der Waals surface area contributed by atoms with Gasteiger partial charge in [-0.3, -0.25) is 4.79 Å². The van der Waals surface area contributed by atoms with Gasteiger partial charge in [-0.1, -0.05) is 6.07 Å². The Morgan fingerprint density at radius 3 is 2.22 bits per heavy atom. The summed E-state index contributed by atoms with van der Waals surface area (Å²) in [5, 5.41) is 19.6. The zero-order chi connectivity index (χ0) is 20.8. The zero-order valence-corrected chi connectivity index (χ0v) is 13.9. The number of rotatable bonds is 6. The second-order valence-electron chi connectivity index (χ2n) is 5.64. The minimum Gasteiger partial charge on any atom is -0.480 e. The molecule has 1 aromatic heterocycles. The van der Waals surface area contributed by atoms with E-state index >= 15 is 0 Å². The van der Waals surface area contributed by atoms with E-state index in [0.29, 0.717) is 6.92 Å². The number of aliphatic carboxylic acids is 2. The third kappa shape index (κ3) is 8.03. The molecule has 0 aliphatic rings. The fourth-order valence-corrected chi connectivity index (χ4v) is 1.97. The standard InChI is InChI=1S/C14H15F2NO3.C2HF3O2/c1-14(15,16)7-11(13(18)19)17-8-9-2-3-12-10(6-9)4-5-20-12;3-2(4,5)1(6)7/h2-6,11,17H,7-8H2,1H3,(H,18,19);(H,6,7). The van der Waals surface area contributed by atoms with Gasteiger partial charge in [-0.05, 0) is 30.7 Å². The van der Waals surface area contributed by atoms with Crippen LogP contribution in [0.15, 0.2) is 34.9 Å². The topological polar surface area (TPSA) is 99.8 Å². The number of nitrogens with one attached hydrogen (secondary N) is 1. The van der Waals surface area contributed by atoms with Gasteiger partial charge >= 0.3 is 18.1 Å². The molecule has 0 amide bonds. The first-order valence-electron chi connectivity index (χ1n) is 7.40. The van der Waals surface area contributed by atoms with Gasteiger partial charge in [-0.2, -0.15) is 13.2 Å². The molecule has 2 aromatic rings. The van der Waals surface area contributed by atoms with Crippen molar-refractivity contribution < 1.29 is 46.2 Å². The average Bonchev–Trinajstić information content (AvgIpc) is 2.97. The van der Waals surface area contributed by atoms with Crippen molar-refractivity contribution in [3.05, 3.63) is 36.1 Å². The molecule has 3 N–H and O–H groups in total. The first kappa shape index (κ1) is 22.4. The van der Waals surface area contributed by atoms with Crippen LogP contribution in [0.5, 0.6) is 0 Å². The van der Waals surface area contributed by atoms with E-state index in [1.807, 2.05) is 6.07 Å².